The molecule has 9 nitrogen and oxygen atoms in total. The lowest BCUT2D eigenvalue weighted by molar-refractivity contribution is 0.101. The zero-order valence-corrected chi connectivity index (χ0v) is 25.9. The lowest BCUT2D eigenvalue weighted by Crippen LogP contribution is -2.14. The molecule has 0 aliphatic carbocycles. The number of fused-ring (bicyclic) bond motifs is 8. The number of carbonyl (C=O) groups excluding carboxylic acids is 2. The van der Waals surface area contributed by atoms with Gasteiger partial charge in [-0.05, 0) is 84.9 Å². The summed E-state index contributed by atoms with van der Waals surface area (Å²) in [6.45, 7) is 0. The van der Waals surface area contributed by atoms with E-state index in [0.717, 1.165) is 42.7 Å². The Morgan fingerprint density at radius 3 is 1.40 bits per heavy atom. The minimum atomic E-state index is -0.256. The van der Waals surface area contributed by atoms with Crippen LogP contribution >= 0.6 is 11.8 Å². The van der Waals surface area contributed by atoms with E-state index in [2.05, 4.69) is 16.0 Å². The van der Waals surface area contributed by atoms with Gasteiger partial charge in [-0.1, -0.05) is 11.8 Å². The Bertz CT molecular complexity index is 2480. The molecule has 0 saturated heterocycles. The van der Waals surface area contributed by atoms with Crippen molar-refractivity contribution in [3.05, 3.63) is 120 Å². The summed E-state index contributed by atoms with van der Waals surface area (Å²) in [6.07, 6.45) is 0. The number of anilines is 6. The molecule has 0 unspecified atom stereocenters. The number of hydrogen-bond acceptors (Lipinski definition) is 8. The first-order valence-electron chi connectivity index (χ1n) is 15.1. The summed E-state index contributed by atoms with van der Waals surface area (Å²) in [5.74, 6) is -0.513. The van der Waals surface area contributed by atoms with Crippen molar-refractivity contribution >= 4 is 102 Å². The standard InChI is InChI=1S/C38H25N5O4S/c39-21-3-7-25-27-9-5-23(17-33(27)46-31(25)15-21)41-37(44)19-1-11-35-29(13-19)43-30-14-20(2-12-36(30)48-35)38(45)42-24-6-10-28-26-8-4-22(40)16-32(26)47-34(28)18-24/h1-18,43H,39-40H2,(H,41,44)(H,42,45). The van der Waals surface area contributed by atoms with Gasteiger partial charge in [0.1, 0.15) is 22.3 Å². The average Bonchev–Trinajstić information content (AvgIpc) is 3.62. The van der Waals surface area contributed by atoms with Crippen molar-refractivity contribution in [1.29, 1.82) is 0 Å². The summed E-state index contributed by atoms with van der Waals surface area (Å²) in [4.78, 5) is 28.6. The monoisotopic (exact) mass is 647 g/mol. The van der Waals surface area contributed by atoms with Crippen molar-refractivity contribution in [3.63, 3.8) is 0 Å². The summed E-state index contributed by atoms with van der Waals surface area (Å²) >= 11 is 1.57. The van der Waals surface area contributed by atoms with Crippen LogP contribution in [0.25, 0.3) is 43.9 Å². The van der Waals surface area contributed by atoms with Crippen LogP contribution in [0.5, 0.6) is 0 Å². The lowest BCUT2D eigenvalue weighted by Gasteiger charge is -2.22. The molecule has 0 spiro atoms. The first-order valence-corrected chi connectivity index (χ1v) is 16.0. The predicted molar refractivity (Wildman–Crippen MR) is 192 cm³/mol. The molecule has 9 rings (SSSR count). The summed E-state index contributed by atoms with van der Waals surface area (Å²) < 4.78 is 12.0. The quantitative estimate of drug-likeness (QED) is 0.119. The summed E-state index contributed by atoms with van der Waals surface area (Å²) in [5, 5.41) is 13.2. The molecule has 0 fully saturated rings. The minimum absolute atomic E-state index is 0.256. The highest BCUT2D eigenvalue weighted by atomic mass is 32.2. The third kappa shape index (κ3) is 4.74. The number of nitrogens with one attached hydrogen (secondary N) is 3. The van der Waals surface area contributed by atoms with Crippen LogP contribution in [0.15, 0.2) is 128 Å². The summed E-state index contributed by atoms with van der Waals surface area (Å²) in [6, 6.07) is 33.4. The van der Waals surface area contributed by atoms with E-state index in [1.165, 1.54) is 0 Å². The van der Waals surface area contributed by atoms with Crippen molar-refractivity contribution in [2.24, 2.45) is 0 Å². The van der Waals surface area contributed by atoms with Crippen LogP contribution in [0.4, 0.5) is 34.1 Å². The van der Waals surface area contributed by atoms with Crippen LogP contribution in [-0.2, 0) is 0 Å². The molecule has 0 atom stereocenters. The normalized spacial score (nSPS) is 12.2. The molecule has 0 saturated carbocycles. The molecular formula is C38H25N5O4S. The maximum absolute atomic E-state index is 13.3. The number of carbonyl (C=O) groups is 2. The Kier molecular flexibility index (Phi) is 6.14. The number of rotatable bonds is 4. The van der Waals surface area contributed by atoms with E-state index >= 15 is 0 Å². The maximum Gasteiger partial charge on any atom is 0.255 e. The Morgan fingerprint density at radius 2 is 0.938 bits per heavy atom. The second kappa shape index (κ2) is 10.6. The number of nitrogens with two attached hydrogens (primary N) is 2. The number of nitrogen functional groups attached to an aromatic ring is 2. The van der Waals surface area contributed by atoms with Crippen molar-refractivity contribution < 1.29 is 18.4 Å². The number of amides is 2. The maximum atomic E-state index is 13.3. The van der Waals surface area contributed by atoms with Gasteiger partial charge < -0.3 is 36.3 Å². The van der Waals surface area contributed by atoms with Crippen LogP contribution < -0.4 is 27.4 Å². The predicted octanol–water partition coefficient (Wildman–Crippen LogP) is 9.36. The van der Waals surface area contributed by atoms with Crippen LogP contribution in [0.2, 0.25) is 0 Å². The van der Waals surface area contributed by atoms with E-state index in [1.807, 2.05) is 84.9 Å². The van der Waals surface area contributed by atoms with Gasteiger partial charge in [0.25, 0.3) is 11.8 Å². The van der Waals surface area contributed by atoms with Gasteiger partial charge in [-0.3, -0.25) is 9.59 Å². The zero-order valence-electron chi connectivity index (χ0n) is 25.1. The van der Waals surface area contributed by atoms with E-state index in [4.69, 9.17) is 20.3 Å². The van der Waals surface area contributed by atoms with Gasteiger partial charge in [-0.2, -0.15) is 0 Å². The van der Waals surface area contributed by atoms with Gasteiger partial charge >= 0.3 is 0 Å². The number of benzene rings is 6. The van der Waals surface area contributed by atoms with Gasteiger partial charge in [0.2, 0.25) is 0 Å². The Balaban J connectivity index is 0.925. The van der Waals surface area contributed by atoms with E-state index in [1.54, 1.807) is 36.0 Å². The Morgan fingerprint density at radius 1 is 0.521 bits per heavy atom. The molecule has 10 heteroatoms. The number of furan rings is 2. The van der Waals surface area contributed by atoms with Crippen molar-refractivity contribution in [2.45, 2.75) is 9.79 Å². The first kappa shape index (κ1) is 27.9. The van der Waals surface area contributed by atoms with Gasteiger partial charge in [0, 0.05) is 89.5 Å². The minimum Gasteiger partial charge on any atom is -0.456 e. The molecular weight excluding hydrogens is 623 g/mol. The fourth-order valence-electron chi connectivity index (χ4n) is 6.13. The van der Waals surface area contributed by atoms with Crippen LogP contribution in [0.3, 0.4) is 0 Å². The van der Waals surface area contributed by atoms with E-state index < -0.39 is 0 Å². The van der Waals surface area contributed by atoms with Gasteiger partial charge in [0.15, 0.2) is 0 Å². The van der Waals surface area contributed by atoms with Crippen LogP contribution in [0, 0.1) is 0 Å². The average molecular weight is 648 g/mol. The fourth-order valence-corrected chi connectivity index (χ4v) is 7.08. The molecule has 1 aliphatic heterocycles. The van der Waals surface area contributed by atoms with Crippen molar-refractivity contribution in [3.8, 4) is 0 Å². The van der Waals surface area contributed by atoms with Gasteiger partial charge in [-0.25, -0.2) is 0 Å². The lowest BCUT2D eigenvalue weighted by atomic mass is 10.1. The highest BCUT2D eigenvalue weighted by Gasteiger charge is 2.20. The molecule has 1 aliphatic rings. The zero-order chi connectivity index (χ0) is 32.5. The van der Waals surface area contributed by atoms with Gasteiger partial charge in [-0.15, -0.1) is 0 Å². The Hall–Kier alpha value is -6.39. The van der Waals surface area contributed by atoms with Crippen LogP contribution in [0.1, 0.15) is 20.7 Å². The molecule has 48 heavy (non-hydrogen) atoms. The second-order valence-corrected chi connectivity index (χ2v) is 12.8. The third-order valence-electron chi connectivity index (χ3n) is 8.48. The van der Waals surface area contributed by atoms with E-state index in [-0.39, 0.29) is 11.8 Å². The van der Waals surface area contributed by atoms with E-state index in [0.29, 0.717) is 56.2 Å². The summed E-state index contributed by atoms with van der Waals surface area (Å²) in [5.41, 5.74) is 19.5. The molecule has 0 bridgehead atoms. The topological polar surface area (TPSA) is 149 Å². The third-order valence-corrected chi connectivity index (χ3v) is 9.64. The smallest absolute Gasteiger partial charge is 0.255 e. The highest BCUT2D eigenvalue weighted by molar-refractivity contribution is 7.99. The van der Waals surface area contributed by atoms with Crippen molar-refractivity contribution in [2.75, 3.05) is 27.4 Å². The molecule has 0 radical (unpaired) electrons. The van der Waals surface area contributed by atoms with Gasteiger partial charge in [0.05, 0.1) is 11.4 Å². The fraction of sp³-hybridized carbons (Fsp3) is 0. The molecule has 8 aromatic rings. The SMILES string of the molecule is Nc1ccc2c(c1)oc1cc(NC(=O)c3ccc4c(c3)Nc3cc(C(=O)Nc5ccc6c(c5)oc5cc(N)ccc56)ccc3S4)ccc12. The number of hydrogen-bond donors (Lipinski definition) is 5. The first-order chi connectivity index (χ1) is 23.3. The molecule has 3 heterocycles. The van der Waals surface area contributed by atoms with Crippen LogP contribution in [-0.4, -0.2) is 11.8 Å². The van der Waals surface area contributed by atoms with Crippen molar-refractivity contribution in [1.82, 2.24) is 0 Å². The Labute approximate surface area is 276 Å². The molecule has 232 valence electrons. The largest absolute Gasteiger partial charge is 0.456 e. The van der Waals surface area contributed by atoms with E-state index in [9.17, 15) is 9.59 Å². The molecule has 2 aromatic heterocycles. The molecule has 2 amide bonds. The summed E-state index contributed by atoms with van der Waals surface area (Å²) in [7, 11) is 0. The molecule has 6 aromatic carbocycles. The molecule has 7 N–H and O–H groups in total. The second-order valence-electron chi connectivity index (χ2n) is 11.7. The highest BCUT2D eigenvalue weighted by Crippen LogP contribution is 2.45.